The quantitative estimate of drug-likeness (QED) is 0.685. The van der Waals surface area contributed by atoms with Crippen LogP contribution in [0.1, 0.15) is 29.3 Å². The van der Waals surface area contributed by atoms with Gasteiger partial charge in [-0.2, -0.15) is 0 Å². The highest BCUT2D eigenvalue weighted by atomic mass is 32.1. The average Bonchev–Trinajstić information content (AvgIpc) is 3.06. The van der Waals surface area contributed by atoms with Gasteiger partial charge in [0.1, 0.15) is 4.70 Å². The number of hydrogen-bond donors (Lipinski definition) is 1. The Bertz CT molecular complexity index is 899. The van der Waals surface area contributed by atoms with Crippen molar-refractivity contribution in [3.63, 3.8) is 0 Å². The van der Waals surface area contributed by atoms with E-state index >= 15 is 0 Å². The molecule has 1 aliphatic rings. The van der Waals surface area contributed by atoms with Crippen molar-refractivity contribution in [1.82, 2.24) is 9.55 Å². The Hall–Kier alpha value is -1.24. The van der Waals surface area contributed by atoms with Crippen LogP contribution in [-0.4, -0.2) is 9.55 Å². The number of aromatic nitrogens is 2. The summed E-state index contributed by atoms with van der Waals surface area (Å²) in [6, 6.07) is 4.15. The lowest BCUT2D eigenvalue weighted by atomic mass is 9.94. The van der Waals surface area contributed by atoms with E-state index in [1.54, 1.807) is 15.9 Å². The lowest BCUT2D eigenvalue weighted by Crippen LogP contribution is -2.28. The topological polar surface area (TPSA) is 37.8 Å². The van der Waals surface area contributed by atoms with E-state index in [0.29, 0.717) is 4.77 Å². The maximum atomic E-state index is 12.7. The first kappa shape index (κ1) is 12.5. The molecule has 6 heteroatoms. The zero-order valence-electron chi connectivity index (χ0n) is 10.6. The molecule has 1 unspecified atom stereocenters. The summed E-state index contributed by atoms with van der Waals surface area (Å²) in [5.41, 5.74) is 2.17. The molecule has 20 heavy (non-hydrogen) atoms. The molecule has 0 saturated carbocycles. The van der Waals surface area contributed by atoms with Gasteiger partial charge < -0.3 is 4.98 Å². The Morgan fingerprint density at radius 3 is 3.05 bits per heavy atom. The van der Waals surface area contributed by atoms with Crippen molar-refractivity contribution in [3.8, 4) is 0 Å². The van der Waals surface area contributed by atoms with Crippen LogP contribution in [0.5, 0.6) is 0 Å². The van der Waals surface area contributed by atoms with Gasteiger partial charge in [0, 0.05) is 4.88 Å². The van der Waals surface area contributed by atoms with E-state index in [2.05, 4.69) is 16.4 Å². The summed E-state index contributed by atoms with van der Waals surface area (Å²) < 4.78 is 3.07. The monoisotopic (exact) mass is 320 g/mol. The van der Waals surface area contributed by atoms with E-state index in [4.69, 9.17) is 12.2 Å². The molecule has 0 spiro atoms. The fourth-order valence-electron chi connectivity index (χ4n) is 2.96. The van der Waals surface area contributed by atoms with Crippen LogP contribution < -0.4 is 5.56 Å². The van der Waals surface area contributed by atoms with Crippen LogP contribution in [0.3, 0.4) is 0 Å². The molecular formula is C14H12N2OS3. The van der Waals surface area contributed by atoms with Gasteiger partial charge in [0.15, 0.2) is 4.77 Å². The summed E-state index contributed by atoms with van der Waals surface area (Å²) in [5, 5.41) is 4.04. The molecule has 0 saturated heterocycles. The van der Waals surface area contributed by atoms with Gasteiger partial charge in [-0.15, -0.1) is 22.7 Å². The van der Waals surface area contributed by atoms with Crippen LogP contribution in [0.15, 0.2) is 27.7 Å². The summed E-state index contributed by atoms with van der Waals surface area (Å²) in [6.07, 6.45) is 3.22. The second-order valence-electron chi connectivity index (χ2n) is 4.98. The van der Waals surface area contributed by atoms with Gasteiger partial charge in [0.05, 0.1) is 11.6 Å². The van der Waals surface area contributed by atoms with Crippen LogP contribution in [0.4, 0.5) is 0 Å². The lowest BCUT2D eigenvalue weighted by molar-refractivity contribution is 0.475. The maximum absolute atomic E-state index is 12.7. The molecule has 3 aromatic rings. The van der Waals surface area contributed by atoms with Gasteiger partial charge in [-0.3, -0.25) is 9.36 Å². The second kappa shape index (κ2) is 4.65. The fourth-order valence-corrected chi connectivity index (χ4v) is 5.05. The Kier molecular flexibility index (Phi) is 2.90. The summed E-state index contributed by atoms with van der Waals surface area (Å²) in [4.78, 5) is 17.3. The predicted molar refractivity (Wildman–Crippen MR) is 86.7 cm³/mol. The molecule has 1 N–H and O–H groups in total. The number of aromatic amines is 1. The van der Waals surface area contributed by atoms with Crippen LogP contribution in [0, 0.1) is 4.77 Å². The molecule has 3 nitrogen and oxygen atoms in total. The summed E-state index contributed by atoms with van der Waals surface area (Å²) >= 11 is 8.69. The van der Waals surface area contributed by atoms with E-state index in [9.17, 15) is 4.79 Å². The van der Waals surface area contributed by atoms with Crippen molar-refractivity contribution < 1.29 is 0 Å². The number of thiophene rings is 2. The van der Waals surface area contributed by atoms with Crippen molar-refractivity contribution in [2.45, 2.75) is 25.3 Å². The van der Waals surface area contributed by atoms with E-state index in [0.717, 1.165) is 29.5 Å². The number of nitrogens with zero attached hydrogens (tertiary/aromatic N) is 1. The largest absolute Gasteiger partial charge is 0.331 e. The molecule has 3 aromatic heterocycles. The Balaban J connectivity index is 2.01. The number of H-pyrrole nitrogens is 1. The minimum atomic E-state index is 0.0443. The SMILES string of the molecule is O=c1c2sccc2[nH]c(=S)n1C1CCCc2sccc21. The van der Waals surface area contributed by atoms with Crippen molar-refractivity contribution in [1.29, 1.82) is 0 Å². The zero-order chi connectivity index (χ0) is 13.7. The predicted octanol–water partition coefficient (Wildman–Crippen LogP) is 4.11. The van der Waals surface area contributed by atoms with Crippen LogP contribution in [0.25, 0.3) is 10.2 Å². The van der Waals surface area contributed by atoms with Crippen LogP contribution in [0.2, 0.25) is 0 Å². The highest BCUT2D eigenvalue weighted by molar-refractivity contribution is 7.71. The highest BCUT2D eigenvalue weighted by Gasteiger charge is 2.25. The fraction of sp³-hybridized carbons (Fsp3) is 0.286. The molecule has 3 heterocycles. The van der Waals surface area contributed by atoms with Gasteiger partial charge in [0.25, 0.3) is 5.56 Å². The molecule has 4 rings (SSSR count). The normalized spacial score (nSPS) is 18.3. The van der Waals surface area contributed by atoms with Gasteiger partial charge in [0.2, 0.25) is 0 Å². The van der Waals surface area contributed by atoms with Gasteiger partial charge in [-0.25, -0.2) is 0 Å². The summed E-state index contributed by atoms with van der Waals surface area (Å²) in [5.74, 6) is 0. The molecule has 102 valence electrons. The first-order chi connectivity index (χ1) is 9.75. The van der Waals surface area contributed by atoms with Gasteiger partial charge in [-0.1, -0.05) is 0 Å². The third-order valence-corrected chi connectivity index (χ3v) is 6.07. The number of rotatable bonds is 1. The zero-order valence-corrected chi connectivity index (χ0v) is 13.0. The van der Waals surface area contributed by atoms with Gasteiger partial charge >= 0.3 is 0 Å². The number of nitrogens with one attached hydrogen (secondary N) is 1. The number of fused-ring (bicyclic) bond motifs is 2. The molecule has 0 bridgehead atoms. The smallest absolute Gasteiger partial charge is 0.272 e. The Morgan fingerprint density at radius 2 is 2.15 bits per heavy atom. The number of aryl methyl sites for hydroxylation is 1. The standard InChI is InChI=1S/C14H12N2OS3/c17-13-12-9(5-7-20-12)15-14(18)16(13)10-2-1-3-11-8(10)4-6-19-11/h4-7,10H,1-3H2,(H,15,18). The van der Waals surface area contributed by atoms with E-state index in [1.165, 1.54) is 21.8 Å². The van der Waals surface area contributed by atoms with E-state index in [-0.39, 0.29) is 11.6 Å². The minimum absolute atomic E-state index is 0.0443. The first-order valence-electron chi connectivity index (χ1n) is 6.54. The second-order valence-corrected chi connectivity index (χ2v) is 7.28. The molecule has 0 aromatic carbocycles. The lowest BCUT2D eigenvalue weighted by Gasteiger charge is -2.24. The van der Waals surface area contributed by atoms with E-state index in [1.807, 2.05) is 11.4 Å². The minimum Gasteiger partial charge on any atom is -0.331 e. The molecule has 0 aliphatic heterocycles. The number of hydrogen-bond acceptors (Lipinski definition) is 4. The Labute approximate surface area is 128 Å². The third-order valence-electron chi connectivity index (χ3n) is 3.87. The average molecular weight is 320 g/mol. The summed E-state index contributed by atoms with van der Waals surface area (Å²) in [7, 11) is 0. The Morgan fingerprint density at radius 1 is 1.30 bits per heavy atom. The van der Waals surface area contributed by atoms with Crippen LogP contribution in [-0.2, 0) is 6.42 Å². The molecule has 0 fully saturated rings. The van der Waals surface area contributed by atoms with Crippen molar-refractivity contribution >= 4 is 45.1 Å². The first-order valence-corrected chi connectivity index (χ1v) is 8.71. The molecule has 1 aliphatic carbocycles. The molecule has 0 amide bonds. The highest BCUT2D eigenvalue weighted by Crippen LogP contribution is 2.35. The van der Waals surface area contributed by atoms with Crippen LogP contribution >= 0.6 is 34.9 Å². The molecule has 1 atom stereocenters. The summed E-state index contributed by atoms with van der Waals surface area (Å²) in [6.45, 7) is 0. The van der Waals surface area contributed by atoms with Gasteiger partial charge in [-0.05, 0) is 59.9 Å². The molecule has 0 radical (unpaired) electrons. The van der Waals surface area contributed by atoms with E-state index < -0.39 is 0 Å². The van der Waals surface area contributed by atoms with Crippen molar-refractivity contribution in [2.24, 2.45) is 0 Å². The third kappa shape index (κ3) is 1.75. The maximum Gasteiger partial charge on any atom is 0.272 e. The molecular weight excluding hydrogens is 308 g/mol. The van der Waals surface area contributed by atoms with Crippen molar-refractivity contribution in [3.05, 3.63) is 48.5 Å². The van der Waals surface area contributed by atoms with Crippen molar-refractivity contribution in [2.75, 3.05) is 0 Å².